The van der Waals surface area contributed by atoms with Crippen LogP contribution in [0.15, 0.2) is 22.7 Å². The lowest BCUT2D eigenvalue weighted by Crippen LogP contribution is -2.25. The Hall–Kier alpha value is -0.540. The molecule has 0 spiro atoms. The Morgan fingerprint density at radius 2 is 2.21 bits per heavy atom. The van der Waals surface area contributed by atoms with Crippen LogP contribution in [0.3, 0.4) is 0 Å². The number of benzene rings is 1. The van der Waals surface area contributed by atoms with E-state index < -0.39 is 0 Å². The van der Waals surface area contributed by atoms with Crippen LogP contribution in [0.1, 0.15) is 18.9 Å². The molecule has 3 heteroatoms. The first-order valence-corrected chi connectivity index (χ1v) is 5.59. The maximum absolute atomic E-state index is 5.73. The molecule has 0 heterocycles. The smallest absolute Gasteiger partial charge is 0.133 e. The summed E-state index contributed by atoms with van der Waals surface area (Å²) in [6.45, 7) is 4.67. The quantitative estimate of drug-likeness (QED) is 0.901. The molecule has 2 nitrogen and oxygen atoms in total. The van der Waals surface area contributed by atoms with E-state index in [-0.39, 0.29) is 6.10 Å². The molecule has 0 radical (unpaired) electrons. The van der Waals surface area contributed by atoms with Gasteiger partial charge < -0.3 is 10.5 Å². The summed E-state index contributed by atoms with van der Waals surface area (Å²) in [6.07, 6.45) is 1.03. The molecular weight excluding hydrogens is 242 g/mol. The Morgan fingerprint density at radius 3 is 2.71 bits per heavy atom. The second kappa shape index (κ2) is 5.37. The van der Waals surface area contributed by atoms with Crippen LogP contribution in [0.5, 0.6) is 5.75 Å². The molecule has 0 aliphatic carbocycles. The third-order valence-electron chi connectivity index (χ3n) is 2.10. The molecule has 0 aromatic heterocycles. The van der Waals surface area contributed by atoms with E-state index in [0.717, 1.165) is 16.6 Å². The van der Waals surface area contributed by atoms with E-state index in [9.17, 15) is 0 Å². The monoisotopic (exact) mass is 257 g/mol. The van der Waals surface area contributed by atoms with Crippen LogP contribution in [0.4, 0.5) is 0 Å². The molecule has 0 fully saturated rings. The fraction of sp³-hybridized carbons (Fsp3) is 0.455. The maximum atomic E-state index is 5.73. The Labute approximate surface area is 93.6 Å². The van der Waals surface area contributed by atoms with Crippen LogP contribution < -0.4 is 10.5 Å². The summed E-state index contributed by atoms with van der Waals surface area (Å²) in [5, 5.41) is 0. The van der Waals surface area contributed by atoms with Gasteiger partial charge in [-0.05, 0) is 47.0 Å². The average molecular weight is 258 g/mol. The van der Waals surface area contributed by atoms with Gasteiger partial charge in [-0.1, -0.05) is 13.0 Å². The van der Waals surface area contributed by atoms with Gasteiger partial charge in [-0.15, -0.1) is 0 Å². The molecule has 0 aliphatic rings. The van der Waals surface area contributed by atoms with Crippen molar-refractivity contribution >= 4 is 15.9 Å². The van der Waals surface area contributed by atoms with Crippen molar-refractivity contribution in [1.29, 1.82) is 0 Å². The third kappa shape index (κ3) is 3.00. The maximum Gasteiger partial charge on any atom is 0.133 e. The Balaban J connectivity index is 2.76. The summed E-state index contributed by atoms with van der Waals surface area (Å²) < 4.78 is 6.72. The zero-order valence-electron chi connectivity index (χ0n) is 8.59. The summed E-state index contributed by atoms with van der Waals surface area (Å²) in [5.74, 6) is 0.868. The number of halogens is 1. The fourth-order valence-corrected chi connectivity index (χ4v) is 1.77. The SMILES string of the molecule is CCC(CN)Oc1ccc(C)cc1Br. The predicted octanol–water partition coefficient (Wildman–Crippen LogP) is 2.87. The molecule has 1 rings (SSSR count). The van der Waals surface area contributed by atoms with Crippen LogP contribution in [-0.2, 0) is 0 Å². The minimum atomic E-state index is 0.106. The first-order valence-electron chi connectivity index (χ1n) is 4.80. The molecular formula is C11H16BrNO. The van der Waals surface area contributed by atoms with Gasteiger partial charge in [-0.25, -0.2) is 0 Å². The molecule has 14 heavy (non-hydrogen) atoms. The van der Waals surface area contributed by atoms with Gasteiger partial charge in [-0.2, -0.15) is 0 Å². The molecule has 1 aromatic rings. The van der Waals surface area contributed by atoms with Crippen molar-refractivity contribution in [1.82, 2.24) is 0 Å². The van der Waals surface area contributed by atoms with E-state index in [1.54, 1.807) is 0 Å². The van der Waals surface area contributed by atoms with E-state index in [0.29, 0.717) is 6.54 Å². The average Bonchev–Trinajstić information content (AvgIpc) is 2.17. The zero-order chi connectivity index (χ0) is 10.6. The predicted molar refractivity (Wildman–Crippen MR) is 62.6 cm³/mol. The molecule has 0 bridgehead atoms. The molecule has 0 saturated carbocycles. The van der Waals surface area contributed by atoms with Gasteiger partial charge in [0, 0.05) is 6.54 Å². The molecule has 2 N–H and O–H groups in total. The van der Waals surface area contributed by atoms with Crippen LogP contribution >= 0.6 is 15.9 Å². The number of hydrogen-bond acceptors (Lipinski definition) is 2. The van der Waals surface area contributed by atoms with Crippen molar-refractivity contribution in [2.24, 2.45) is 5.73 Å². The van der Waals surface area contributed by atoms with Crippen molar-refractivity contribution in [2.45, 2.75) is 26.4 Å². The lowest BCUT2D eigenvalue weighted by atomic mass is 10.2. The first kappa shape index (κ1) is 11.5. The van der Waals surface area contributed by atoms with Crippen molar-refractivity contribution in [3.05, 3.63) is 28.2 Å². The van der Waals surface area contributed by atoms with Gasteiger partial charge in [-0.3, -0.25) is 0 Å². The van der Waals surface area contributed by atoms with Gasteiger partial charge in [0.25, 0.3) is 0 Å². The van der Waals surface area contributed by atoms with Gasteiger partial charge in [0.05, 0.1) is 4.47 Å². The molecule has 78 valence electrons. The summed E-state index contributed by atoms with van der Waals surface area (Å²) in [4.78, 5) is 0. The Bertz CT molecular complexity index is 297. The highest BCUT2D eigenvalue weighted by molar-refractivity contribution is 9.10. The number of hydrogen-bond donors (Lipinski definition) is 1. The second-order valence-electron chi connectivity index (χ2n) is 3.32. The highest BCUT2D eigenvalue weighted by Gasteiger charge is 2.07. The highest BCUT2D eigenvalue weighted by Crippen LogP contribution is 2.26. The lowest BCUT2D eigenvalue weighted by molar-refractivity contribution is 0.204. The van der Waals surface area contributed by atoms with E-state index in [1.807, 2.05) is 18.2 Å². The Kier molecular flexibility index (Phi) is 4.42. The first-order chi connectivity index (χ1) is 6.67. The Morgan fingerprint density at radius 1 is 1.50 bits per heavy atom. The van der Waals surface area contributed by atoms with Gasteiger partial charge in [0.1, 0.15) is 11.9 Å². The molecule has 0 aliphatic heterocycles. The van der Waals surface area contributed by atoms with E-state index in [1.165, 1.54) is 5.56 Å². The second-order valence-corrected chi connectivity index (χ2v) is 4.17. The van der Waals surface area contributed by atoms with Crippen molar-refractivity contribution in [3.8, 4) is 5.75 Å². The molecule has 0 amide bonds. The standard InChI is InChI=1S/C11H16BrNO/c1-3-9(7-13)14-11-5-4-8(2)6-10(11)12/h4-6,9H,3,7,13H2,1-2H3. The van der Waals surface area contributed by atoms with Gasteiger partial charge in [0.15, 0.2) is 0 Å². The number of aryl methyl sites for hydroxylation is 1. The van der Waals surface area contributed by atoms with E-state index in [2.05, 4.69) is 29.8 Å². The van der Waals surface area contributed by atoms with Crippen LogP contribution in [0.25, 0.3) is 0 Å². The van der Waals surface area contributed by atoms with Crippen molar-refractivity contribution < 1.29 is 4.74 Å². The van der Waals surface area contributed by atoms with Crippen LogP contribution in [0, 0.1) is 6.92 Å². The third-order valence-corrected chi connectivity index (χ3v) is 2.72. The molecule has 1 aromatic carbocycles. The normalized spacial score (nSPS) is 12.6. The minimum absolute atomic E-state index is 0.106. The largest absolute Gasteiger partial charge is 0.488 e. The number of rotatable bonds is 4. The van der Waals surface area contributed by atoms with E-state index >= 15 is 0 Å². The molecule has 1 atom stereocenters. The van der Waals surface area contributed by atoms with Gasteiger partial charge in [0.2, 0.25) is 0 Å². The minimum Gasteiger partial charge on any atom is -0.488 e. The number of nitrogens with two attached hydrogens (primary N) is 1. The fourth-order valence-electron chi connectivity index (χ4n) is 1.18. The number of ether oxygens (including phenoxy) is 1. The van der Waals surface area contributed by atoms with Crippen LogP contribution in [-0.4, -0.2) is 12.6 Å². The van der Waals surface area contributed by atoms with Crippen molar-refractivity contribution in [2.75, 3.05) is 6.54 Å². The summed E-state index contributed by atoms with van der Waals surface area (Å²) in [7, 11) is 0. The van der Waals surface area contributed by atoms with Gasteiger partial charge >= 0.3 is 0 Å². The zero-order valence-corrected chi connectivity index (χ0v) is 10.2. The molecule has 0 saturated heterocycles. The summed E-state index contributed by atoms with van der Waals surface area (Å²) >= 11 is 3.47. The van der Waals surface area contributed by atoms with E-state index in [4.69, 9.17) is 10.5 Å². The highest BCUT2D eigenvalue weighted by atomic mass is 79.9. The van der Waals surface area contributed by atoms with Crippen LogP contribution in [0.2, 0.25) is 0 Å². The topological polar surface area (TPSA) is 35.2 Å². The summed E-state index contributed by atoms with van der Waals surface area (Å²) in [5.41, 5.74) is 6.78. The molecule has 1 unspecified atom stereocenters. The van der Waals surface area contributed by atoms with Crippen molar-refractivity contribution in [3.63, 3.8) is 0 Å². The summed E-state index contributed by atoms with van der Waals surface area (Å²) in [6, 6.07) is 6.04. The lowest BCUT2D eigenvalue weighted by Gasteiger charge is -2.16.